The summed E-state index contributed by atoms with van der Waals surface area (Å²) in [4.78, 5) is 0. The molecule has 0 amide bonds. The number of hydrogen-bond donors (Lipinski definition) is 1. The summed E-state index contributed by atoms with van der Waals surface area (Å²) in [5.74, 6) is 0.781. The lowest BCUT2D eigenvalue weighted by molar-refractivity contribution is 0.192. The van der Waals surface area contributed by atoms with Crippen LogP contribution in [0.2, 0.25) is 0 Å². The minimum atomic E-state index is -0.471. The molecule has 0 heterocycles. The highest BCUT2D eigenvalue weighted by Gasteiger charge is 2.08. The molecule has 1 N–H and O–H groups in total. The van der Waals surface area contributed by atoms with Crippen molar-refractivity contribution >= 4 is 0 Å². The van der Waals surface area contributed by atoms with Gasteiger partial charge in [0.2, 0.25) is 0 Å². The fourth-order valence-electron chi connectivity index (χ4n) is 1.28. The molecule has 0 unspecified atom stereocenters. The molecule has 1 atom stereocenters. The van der Waals surface area contributed by atoms with Crippen LogP contribution < -0.4 is 4.74 Å². The molecule has 0 aromatic heterocycles. The molecule has 1 rings (SSSR count). The van der Waals surface area contributed by atoms with Gasteiger partial charge in [0, 0.05) is 5.56 Å². The summed E-state index contributed by atoms with van der Waals surface area (Å²) in [7, 11) is 0. The van der Waals surface area contributed by atoms with Gasteiger partial charge in [-0.15, -0.1) is 0 Å². The molecule has 0 aliphatic heterocycles. The Hall–Kier alpha value is -1.02. The lowest BCUT2D eigenvalue weighted by atomic mass is 10.1. The molecule has 1 aromatic rings. The quantitative estimate of drug-likeness (QED) is 0.774. The maximum Gasteiger partial charge on any atom is 0.125 e. The number of aliphatic hydroxyl groups excluding tert-OH is 1. The van der Waals surface area contributed by atoms with Gasteiger partial charge in [-0.1, -0.05) is 11.6 Å². The smallest absolute Gasteiger partial charge is 0.125 e. The summed E-state index contributed by atoms with van der Waals surface area (Å²) in [6.45, 7) is 6.31. The minimum absolute atomic E-state index is 0.471. The van der Waals surface area contributed by atoms with Gasteiger partial charge in [-0.3, -0.25) is 0 Å². The highest BCUT2D eigenvalue weighted by Crippen LogP contribution is 2.25. The molecule has 1 aromatic carbocycles. The number of aryl methyl sites for hydroxylation is 1. The first kappa shape index (κ1) is 10.1. The van der Waals surface area contributed by atoms with Crippen molar-refractivity contribution in [1.29, 1.82) is 0 Å². The van der Waals surface area contributed by atoms with E-state index in [0.29, 0.717) is 6.61 Å². The van der Waals surface area contributed by atoms with Crippen molar-refractivity contribution in [3.8, 4) is 5.75 Å². The van der Waals surface area contributed by atoms with Crippen LogP contribution in [0.1, 0.15) is 31.1 Å². The maximum absolute atomic E-state index is 9.48. The van der Waals surface area contributed by atoms with Crippen LogP contribution >= 0.6 is 0 Å². The van der Waals surface area contributed by atoms with Crippen LogP contribution in [0.15, 0.2) is 18.2 Å². The molecule has 0 saturated carbocycles. The largest absolute Gasteiger partial charge is 0.493 e. The topological polar surface area (TPSA) is 29.5 Å². The second-order valence-corrected chi connectivity index (χ2v) is 3.15. The van der Waals surface area contributed by atoms with Gasteiger partial charge in [0.15, 0.2) is 0 Å². The van der Waals surface area contributed by atoms with E-state index < -0.39 is 6.10 Å². The summed E-state index contributed by atoms with van der Waals surface area (Å²) >= 11 is 0. The Labute approximate surface area is 79.2 Å². The predicted molar refractivity (Wildman–Crippen MR) is 53.0 cm³/mol. The first-order valence-electron chi connectivity index (χ1n) is 4.56. The zero-order chi connectivity index (χ0) is 9.84. The third-order valence-electron chi connectivity index (χ3n) is 1.92. The molecule has 72 valence electrons. The van der Waals surface area contributed by atoms with E-state index in [9.17, 15) is 5.11 Å². The van der Waals surface area contributed by atoms with Crippen molar-refractivity contribution in [3.63, 3.8) is 0 Å². The van der Waals surface area contributed by atoms with Gasteiger partial charge < -0.3 is 9.84 Å². The first-order valence-corrected chi connectivity index (χ1v) is 4.56. The lowest BCUT2D eigenvalue weighted by Crippen LogP contribution is -1.99. The van der Waals surface area contributed by atoms with Gasteiger partial charge >= 0.3 is 0 Å². The molecule has 0 aliphatic rings. The third kappa shape index (κ3) is 2.46. The van der Waals surface area contributed by atoms with Crippen LogP contribution in [0.25, 0.3) is 0 Å². The number of benzene rings is 1. The number of hydrogen-bond acceptors (Lipinski definition) is 2. The molecule has 2 heteroatoms. The van der Waals surface area contributed by atoms with E-state index >= 15 is 0 Å². The van der Waals surface area contributed by atoms with E-state index in [1.807, 2.05) is 32.0 Å². The fourth-order valence-corrected chi connectivity index (χ4v) is 1.28. The lowest BCUT2D eigenvalue weighted by Gasteiger charge is -2.12. The SMILES string of the molecule is CCOc1ccc(C)cc1[C@H](C)O. The zero-order valence-electron chi connectivity index (χ0n) is 8.37. The van der Waals surface area contributed by atoms with Crippen LogP contribution in [-0.2, 0) is 0 Å². The number of aliphatic hydroxyl groups is 1. The maximum atomic E-state index is 9.48. The zero-order valence-corrected chi connectivity index (χ0v) is 8.37. The Kier molecular flexibility index (Phi) is 3.32. The second kappa shape index (κ2) is 4.28. The van der Waals surface area contributed by atoms with Gasteiger partial charge in [0.05, 0.1) is 12.7 Å². The summed E-state index contributed by atoms with van der Waals surface area (Å²) in [6.07, 6.45) is -0.471. The number of ether oxygens (including phenoxy) is 1. The molecule has 0 spiro atoms. The van der Waals surface area contributed by atoms with Gasteiger partial charge in [0.25, 0.3) is 0 Å². The monoisotopic (exact) mass is 180 g/mol. The van der Waals surface area contributed by atoms with Crippen molar-refractivity contribution in [2.24, 2.45) is 0 Å². The summed E-state index contributed by atoms with van der Waals surface area (Å²) in [5.41, 5.74) is 2.00. The van der Waals surface area contributed by atoms with E-state index in [1.54, 1.807) is 6.92 Å². The molecule has 0 aliphatic carbocycles. The van der Waals surface area contributed by atoms with Crippen molar-refractivity contribution < 1.29 is 9.84 Å². The second-order valence-electron chi connectivity index (χ2n) is 3.15. The third-order valence-corrected chi connectivity index (χ3v) is 1.92. The van der Waals surface area contributed by atoms with Gasteiger partial charge in [0.1, 0.15) is 5.75 Å². The van der Waals surface area contributed by atoms with Crippen LogP contribution in [-0.4, -0.2) is 11.7 Å². The molecular formula is C11H16O2. The Bertz CT molecular complexity index is 279. The van der Waals surface area contributed by atoms with Crippen molar-refractivity contribution in [3.05, 3.63) is 29.3 Å². The van der Waals surface area contributed by atoms with Gasteiger partial charge in [-0.25, -0.2) is 0 Å². The van der Waals surface area contributed by atoms with Crippen molar-refractivity contribution in [2.75, 3.05) is 6.61 Å². The van der Waals surface area contributed by atoms with E-state index in [0.717, 1.165) is 16.9 Å². The van der Waals surface area contributed by atoms with Crippen LogP contribution in [0.4, 0.5) is 0 Å². The van der Waals surface area contributed by atoms with E-state index in [1.165, 1.54) is 0 Å². The average molecular weight is 180 g/mol. The Balaban J connectivity index is 3.03. The Morgan fingerprint density at radius 2 is 2.15 bits per heavy atom. The summed E-state index contributed by atoms with van der Waals surface area (Å²) in [6, 6.07) is 5.84. The molecule has 13 heavy (non-hydrogen) atoms. The molecular weight excluding hydrogens is 164 g/mol. The molecule has 0 fully saturated rings. The average Bonchev–Trinajstić information content (AvgIpc) is 2.08. The van der Waals surface area contributed by atoms with E-state index in [-0.39, 0.29) is 0 Å². The van der Waals surface area contributed by atoms with Crippen molar-refractivity contribution in [1.82, 2.24) is 0 Å². The summed E-state index contributed by atoms with van der Waals surface area (Å²) in [5, 5.41) is 9.48. The highest BCUT2D eigenvalue weighted by molar-refractivity contribution is 5.38. The van der Waals surface area contributed by atoms with Crippen LogP contribution in [0.3, 0.4) is 0 Å². The fraction of sp³-hybridized carbons (Fsp3) is 0.455. The van der Waals surface area contributed by atoms with Crippen LogP contribution in [0.5, 0.6) is 5.75 Å². The summed E-state index contributed by atoms with van der Waals surface area (Å²) < 4.78 is 5.39. The standard InChI is InChI=1S/C11H16O2/c1-4-13-11-6-5-8(2)7-10(11)9(3)12/h5-7,9,12H,4H2,1-3H3/t9-/m0/s1. The Morgan fingerprint density at radius 3 is 2.69 bits per heavy atom. The molecule has 0 saturated heterocycles. The van der Waals surface area contributed by atoms with Crippen molar-refractivity contribution in [2.45, 2.75) is 26.9 Å². The normalized spacial score (nSPS) is 12.6. The Morgan fingerprint density at radius 1 is 1.46 bits per heavy atom. The van der Waals surface area contributed by atoms with Gasteiger partial charge in [-0.2, -0.15) is 0 Å². The van der Waals surface area contributed by atoms with E-state index in [2.05, 4.69) is 0 Å². The van der Waals surface area contributed by atoms with Gasteiger partial charge in [-0.05, 0) is 32.9 Å². The minimum Gasteiger partial charge on any atom is -0.493 e. The first-order chi connectivity index (χ1) is 6.15. The highest BCUT2D eigenvalue weighted by atomic mass is 16.5. The molecule has 0 bridgehead atoms. The van der Waals surface area contributed by atoms with Crippen LogP contribution in [0, 0.1) is 6.92 Å². The number of rotatable bonds is 3. The predicted octanol–water partition coefficient (Wildman–Crippen LogP) is 2.45. The van der Waals surface area contributed by atoms with E-state index in [4.69, 9.17) is 4.74 Å². The molecule has 0 radical (unpaired) electrons. The molecule has 2 nitrogen and oxygen atoms in total.